The van der Waals surface area contributed by atoms with E-state index in [0.29, 0.717) is 17.3 Å². The van der Waals surface area contributed by atoms with Crippen LogP contribution in [-0.2, 0) is 6.54 Å². The summed E-state index contributed by atoms with van der Waals surface area (Å²) >= 11 is 5.83. The van der Waals surface area contributed by atoms with Crippen molar-refractivity contribution in [2.24, 2.45) is 0 Å². The predicted octanol–water partition coefficient (Wildman–Crippen LogP) is 4.86. The summed E-state index contributed by atoms with van der Waals surface area (Å²) in [7, 11) is 0. The smallest absolute Gasteiger partial charge is 0.214 e. The number of nitrogens with zero attached hydrogens (tertiary/aromatic N) is 1. The van der Waals surface area contributed by atoms with Crippen molar-refractivity contribution in [1.29, 1.82) is 0 Å². The number of hydrogen-bond acceptors (Lipinski definition) is 3. The van der Waals surface area contributed by atoms with Gasteiger partial charge in [0.2, 0.25) is 5.78 Å². The average molecular weight is 359 g/mol. The second-order valence-corrected chi connectivity index (χ2v) is 5.78. The molecule has 0 unspecified atom stereocenters. The van der Waals surface area contributed by atoms with E-state index in [0.717, 1.165) is 11.6 Å². The molecule has 2 aromatic carbocycles. The van der Waals surface area contributed by atoms with E-state index in [9.17, 15) is 13.6 Å². The van der Waals surface area contributed by atoms with Gasteiger partial charge in [0.25, 0.3) is 0 Å². The quantitative estimate of drug-likeness (QED) is 0.662. The molecule has 0 aliphatic heterocycles. The largest absolute Gasteiger partial charge is 0.380 e. The Morgan fingerprint density at radius 1 is 1.04 bits per heavy atom. The van der Waals surface area contributed by atoms with Crippen LogP contribution in [0.2, 0.25) is 5.02 Å². The highest BCUT2D eigenvalue weighted by molar-refractivity contribution is 6.30. The molecule has 1 aromatic heterocycles. The zero-order valence-electron chi connectivity index (χ0n) is 13.0. The molecule has 0 fully saturated rings. The second kappa shape index (κ2) is 7.40. The maximum atomic E-state index is 13.7. The van der Waals surface area contributed by atoms with Crippen molar-refractivity contribution in [2.45, 2.75) is 6.54 Å². The van der Waals surface area contributed by atoms with Crippen molar-refractivity contribution in [1.82, 2.24) is 4.98 Å². The summed E-state index contributed by atoms with van der Waals surface area (Å²) in [5.74, 6) is -2.90. The zero-order chi connectivity index (χ0) is 17.8. The molecule has 3 nitrogen and oxygen atoms in total. The normalized spacial score (nSPS) is 10.5. The molecule has 25 heavy (non-hydrogen) atoms. The Hall–Kier alpha value is -2.79. The number of aromatic nitrogens is 1. The SMILES string of the molecule is O=C(c1ccc(NCc2ccc(Cl)cc2)cn1)c1cccc(F)c1F. The molecule has 0 atom stereocenters. The Bertz CT molecular complexity index is 896. The van der Waals surface area contributed by atoms with E-state index < -0.39 is 17.4 Å². The lowest BCUT2D eigenvalue weighted by atomic mass is 10.1. The first-order chi connectivity index (χ1) is 12.0. The van der Waals surface area contributed by atoms with Gasteiger partial charge in [0.15, 0.2) is 11.6 Å². The first-order valence-electron chi connectivity index (χ1n) is 7.47. The molecule has 0 bridgehead atoms. The van der Waals surface area contributed by atoms with E-state index >= 15 is 0 Å². The van der Waals surface area contributed by atoms with Crippen molar-refractivity contribution in [3.63, 3.8) is 0 Å². The summed E-state index contributed by atoms with van der Waals surface area (Å²) in [6.07, 6.45) is 1.47. The van der Waals surface area contributed by atoms with Crippen LogP contribution in [0.3, 0.4) is 0 Å². The third-order valence-corrected chi connectivity index (χ3v) is 3.85. The van der Waals surface area contributed by atoms with Crippen molar-refractivity contribution in [3.05, 3.63) is 94.3 Å². The molecular formula is C19H13ClF2N2O. The van der Waals surface area contributed by atoms with Gasteiger partial charge in [0, 0.05) is 11.6 Å². The topological polar surface area (TPSA) is 42.0 Å². The fraction of sp³-hybridized carbons (Fsp3) is 0.0526. The van der Waals surface area contributed by atoms with Gasteiger partial charge in [-0.15, -0.1) is 0 Å². The maximum Gasteiger partial charge on any atom is 0.214 e. The molecule has 0 spiro atoms. The number of anilines is 1. The lowest BCUT2D eigenvalue weighted by Gasteiger charge is -2.07. The fourth-order valence-electron chi connectivity index (χ4n) is 2.26. The van der Waals surface area contributed by atoms with Gasteiger partial charge in [0.1, 0.15) is 5.69 Å². The summed E-state index contributed by atoms with van der Waals surface area (Å²) in [5.41, 5.74) is 1.44. The van der Waals surface area contributed by atoms with E-state index in [1.807, 2.05) is 12.1 Å². The van der Waals surface area contributed by atoms with Gasteiger partial charge >= 0.3 is 0 Å². The number of rotatable bonds is 5. The molecule has 3 aromatic rings. The van der Waals surface area contributed by atoms with E-state index in [1.54, 1.807) is 18.2 Å². The van der Waals surface area contributed by atoms with E-state index in [1.165, 1.54) is 24.4 Å². The molecule has 0 aliphatic rings. The molecule has 0 radical (unpaired) electrons. The number of nitrogens with one attached hydrogen (secondary N) is 1. The lowest BCUT2D eigenvalue weighted by molar-refractivity contribution is 0.102. The number of benzene rings is 2. The molecule has 3 rings (SSSR count). The minimum absolute atomic E-state index is 0.0431. The summed E-state index contributed by atoms with van der Waals surface area (Å²) < 4.78 is 26.9. The highest BCUT2D eigenvalue weighted by atomic mass is 35.5. The van der Waals surface area contributed by atoms with E-state index in [2.05, 4.69) is 10.3 Å². The maximum absolute atomic E-state index is 13.7. The Labute approximate surface area is 148 Å². The van der Waals surface area contributed by atoms with Crippen LogP contribution in [0.5, 0.6) is 0 Å². The van der Waals surface area contributed by atoms with E-state index in [-0.39, 0.29) is 11.3 Å². The fourth-order valence-corrected chi connectivity index (χ4v) is 2.38. The molecule has 1 N–H and O–H groups in total. The molecule has 6 heteroatoms. The van der Waals surface area contributed by atoms with Gasteiger partial charge in [0.05, 0.1) is 17.4 Å². The Morgan fingerprint density at radius 3 is 2.48 bits per heavy atom. The minimum Gasteiger partial charge on any atom is -0.380 e. The van der Waals surface area contributed by atoms with Gasteiger partial charge in [-0.05, 0) is 42.0 Å². The minimum atomic E-state index is -1.17. The number of carbonyl (C=O) groups excluding carboxylic acids is 1. The highest BCUT2D eigenvalue weighted by Crippen LogP contribution is 2.17. The standard InChI is InChI=1S/C19H13ClF2N2O/c20-13-6-4-12(5-7-13)10-23-14-8-9-17(24-11-14)19(25)15-2-1-3-16(21)18(15)22/h1-9,11,23H,10H2. The number of ketones is 1. The van der Waals surface area contributed by atoms with Crippen LogP contribution >= 0.6 is 11.6 Å². The molecular weight excluding hydrogens is 346 g/mol. The monoisotopic (exact) mass is 358 g/mol. The van der Waals surface area contributed by atoms with Gasteiger partial charge < -0.3 is 5.32 Å². The van der Waals surface area contributed by atoms with Crippen molar-refractivity contribution in [2.75, 3.05) is 5.32 Å². The van der Waals surface area contributed by atoms with Crippen LogP contribution in [0.15, 0.2) is 60.8 Å². The van der Waals surface area contributed by atoms with Crippen molar-refractivity contribution in [3.8, 4) is 0 Å². The predicted molar refractivity (Wildman–Crippen MR) is 92.8 cm³/mol. The van der Waals surface area contributed by atoms with Crippen LogP contribution in [0, 0.1) is 11.6 Å². The number of carbonyl (C=O) groups is 1. The Kier molecular flexibility index (Phi) is 5.05. The third kappa shape index (κ3) is 4.00. The van der Waals surface area contributed by atoms with Gasteiger partial charge in [-0.2, -0.15) is 0 Å². The van der Waals surface area contributed by atoms with Gasteiger partial charge in [-0.1, -0.05) is 29.8 Å². The summed E-state index contributed by atoms with van der Waals surface area (Å²) in [4.78, 5) is 16.3. The van der Waals surface area contributed by atoms with Crippen LogP contribution in [0.25, 0.3) is 0 Å². The van der Waals surface area contributed by atoms with Crippen LogP contribution < -0.4 is 5.32 Å². The zero-order valence-corrected chi connectivity index (χ0v) is 13.7. The van der Waals surface area contributed by atoms with Crippen LogP contribution in [0.4, 0.5) is 14.5 Å². The summed E-state index contributed by atoms with van der Waals surface area (Å²) in [6.45, 7) is 0.560. The second-order valence-electron chi connectivity index (χ2n) is 5.34. The Morgan fingerprint density at radius 2 is 1.80 bits per heavy atom. The molecule has 0 amide bonds. The average Bonchev–Trinajstić information content (AvgIpc) is 2.63. The summed E-state index contributed by atoms with van der Waals surface area (Å²) in [5, 5.41) is 3.82. The third-order valence-electron chi connectivity index (χ3n) is 3.60. The van der Waals surface area contributed by atoms with Gasteiger partial charge in [-0.3, -0.25) is 9.78 Å². The molecule has 0 aliphatic carbocycles. The Balaban J connectivity index is 1.70. The molecule has 0 saturated carbocycles. The number of halogens is 3. The van der Waals surface area contributed by atoms with E-state index in [4.69, 9.17) is 11.6 Å². The van der Waals surface area contributed by atoms with Crippen molar-refractivity contribution < 1.29 is 13.6 Å². The van der Waals surface area contributed by atoms with Crippen LogP contribution in [-0.4, -0.2) is 10.8 Å². The van der Waals surface area contributed by atoms with Gasteiger partial charge in [-0.25, -0.2) is 8.78 Å². The first kappa shape index (κ1) is 17.0. The lowest BCUT2D eigenvalue weighted by Crippen LogP contribution is -2.08. The summed E-state index contributed by atoms with van der Waals surface area (Å²) in [6, 6.07) is 14.0. The van der Waals surface area contributed by atoms with Crippen molar-refractivity contribution >= 4 is 23.1 Å². The van der Waals surface area contributed by atoms with Crippen LogP contribution in [0.1, 0.15) is 21.6 Å². The number of hydrogen-bond donors (Lipinski definition) is 1. The number of pyridine rings is 1. The molecule has 0 saturated heterocycles. The first-order valence-corrected chi connectivity index (χ1v) is 7.85. The molecule has 126 valence electrons. The highest BCUT2D eigenvalue weighted by Gasteiger charge is 2.17. The molecule has 1 heterocycles.